The number of hydrogen-bond donors (Lipinski definition) is 0. The number of unbranched alkanes of at least 4 members (excludes halogenated alkanes) is 2. The molecule has 0 aliphatic carbocycles. The topological polar surface area (TPSA) is 0 Å². The molecule has 0 rings (SSSR count). The minimum absolute atomic E-state index is 1.09. The van der Waals surface area contributed by atoms with Crippen LogP contribution in [0.3, 0.4) is 0 Å². The molecule has 0 spiro atoms. The summed E-state index contributed by atoms with van der Waals surface area (Å²) >= 11 is 1.41. The van der Waals surface area contributed by atoms with Crippen molar-refractivity contribution in [3.8, 4) is 0 Å². The van der Waals surface area contributed by atoms with Gasteiger partial charge in [-0.2, -0.15) is 0 Å². The highest BCUT2D eigenvalue weighted by Gasteiger charge is 1.96. The highest BCUT2D eigenvalue weighted by atomic mass is 27.0. The van der Waals surface area contributed by atoms with Gasteiger partial charge in [0, 0.05) is 0 Å². The van der Waals surface area contributed by atoms with Gasteiger partial charge in [0.1, 0.15) is 0 Å². The molecule has 0 fully saturated rings. The van der Waals surface area contributed by atoms with Crippen LogP contribution in [0.1, 0.15) is 46.0 Å². The molecule has 0 nitrogen and oxygen atoms in total. The Kier molecular flexibility index (Phi) is 7.04. The molecule has 0 heterocycles. The molecule has 0 radical (unpaired) electrons. The van der Waals surface area contributed by atoms with Crippen LogP contribution in [-0.4, -0.2) is 16.3 Å². The van der Waals surface area contributed by atoms with Crippen LogP contribution in [0, 0.1) is 0 Å². The van der Waals surface area contributed by atoms with E-state index in [0.29, 0.717) is 0 Å². The third-order valence-electron chi connectivity index (χ3n) is 2.00. The fourth-order valence-electron chi connectivity index (χ4n) is 0.947. The zero-order valence-electron chi connectivity index (χ0n) is 7.11. The molecule has 54 valence electrons. The van der Waals surface area contributed by atoms with Gasteiger partial charge in [0.25, 0.3) is 0 Å². The van der Waals surface area contributed by atoms with E-state index in [4.69, 9.17) is 0 Å². The summed E-state index contributed by atoms with van der Waals surface area (Å²) in [5.41, 5.74) is 0. The van der Waals surface area contributed by atoms with Gasteiger partial charge in [-0.3, -0.25) is 0 Å². The second-order valence-corrected chi connectivity index (χ2v) is 4.64. The summed E-state index contributed by atoms with van der Waals surface area (Å²) in [6, 6.07) is 0. The Morgan fingerprint density at radius 1 is 1.22 bits per heavy atom. The Morgan fingerprint density at radius 3 is 2.33 bits per heavy atom. The average molecular weight is 142 g/mol. The Balaban J connectivity index is 2.88. The minimum Gasteiger partial charge on any atom is -0.0904 e. The van der Waals surface area contributed by atoms with Crippen LogP contribution in [0.15, 0.2) is 0 Å². The van der Waals surface area contributed by atoms with Crippen molar-refractivity contribution in [3.05, 3.63) is 0 Å². The highest BCUT2D eigenvalue weighted by molar-refractivity contribution is 6.11. The van der Waals surface area contributed by atoms with Gasteiger partial charge in [-0.25, -0.2) is 0 Å². The summed E-state index contributed by atoms with van der Waals surface area (Å²) < 4.78 is 1.09. The quantitative estimate of drug-likeness (QED) is 0.408. The lowest BCUT2D eigenvalue weighted by Crippen LogP contribution is -1.89. The lowest BCUT2D eigenvalue weighted by Gasteiger charge is -2.05. The maximum absolute atomic E-state index is 2.31. The van der Waals surface area contributed by atoms with Gasteiger partial charge in [0.2, 0.25) is 16.3 Å². The second-order valence-electron chi connectivity index (χ2n) is 3.01. The van der Waals surface area contributed by atoms with Crippen LogP contribution in [-0.2, 0) is 0 Å². The van der Waals surface area contributed by atoms with Gasteiger partial charge in [-0.1, -0.05) is 50.7 Å². The summed E-state index contributed by atoms with van der Waals surface area (Å²) in [6.07, 6.45) is 7.20. The predicted octanol–water partition coefficient (Wildman–Crippen LogP) is 2.40. The first-order valence-electron chi connectivity index (χ1n) is 4.31. The molecular weight excluding hydrogens is 123 g/mol. The Bertz CT molecular complexity index is 52.5. The molecule has 9 heavy (non-hydrogen) atoms. The van der Waals surface area contributed by atoms with Gasteiger partial charge in [-0.05, 0) is 0 Å². The third-order valence-corrected chi connectivity index (χ3v) is 3.39. The van der Waals surface area contributed by atoms with E-state index in [1.807, 2.05) is 0 Å². The lowest BCUT2D eigenvalue weighted by molar-refractivity contribution is 0.624. The summed E-state index contributed by atoms with van der Waals surface area (Å²) in [6.45, 7) is 4.58. The van der Waals surface area contributed by atoms with Crippen molar-refractivity contribution in [2.24, 2.45) is 0 Å². The maximum Gasteiger partial charge on any atom is 0.216 e. The monoisotopic (exact) mass is 142 g/mol. The third kappa shape index (κ3) is 6.42. The van der Waals surface area contributed by atoms with Crippen molar-refractivity contribution in [1.29, 1.82) is 0 Å². The summed E-state index contributed by atoms with van der Waals surface area (Å²) in [4.78, 5) is 0. The fraction of sp³-hybridized carbons (Fsp3) is 1.00. The Hall–Kier alpha value is 0.532. The smallest absolute Gasteiger partial charge is 0.0904 e. The van der Waals surface area contributed by atoms with E-state index < -0.39 is 0 Å². The molecule has 0 aromatic carbocycles. The zero-order chi connectivity index (χ0) is 7.11. The summed E-state index contributed by atoms with van der Waals surface area (Å²) in [7, 11) is 0. The van der Waals surface area contributed by atoms with E-state index in [0.717, 1.165) is 4.78 Å². The van der Waals surface area contributed by atoms with Gasteiger partial charge in [0.05, 0.1) is 0 Å². The lowest BCUT2D eigenvalue weighted by atomic mass is 10.1. The molecule has 0 N–H and O–H groups in total. The first kappa shape index (κ1) is 9.53. The van der Waals surface area contributed by atoms with Crippen molar-refractivity contribution in [3.63, 3.8) is 0 Å². The Morgan fingerprint density at radius 2 is 1.89 bits per heavy atom. The van der Waals surface area contributed by atoms with E-state index in [1.165, 1.54) is 48.4 Å². The van der Waals surface area contributed by atoms with Crippen LogP contribution >= 0.6 is 0 Å². The standard InChI is InChI=1S/C8H17.Al.2H/c1-3-5-7-8-6-4-2;;;/h5H,3-4,6-8H2,1-2H3;;;. The van der Waals surface area contributed by atoms with E-state index >= 15 is 0 Å². The van der Waals surface area contributed by atoms with E-state index in [2.05, 4.69) is 13.8 Å². The summed E-state index contributed by atoms with van der Waals surface area (Å²) in [5.74, 6) is 0. The van der Waals surface area contributed by atoms with Crippen LogP contribution < -0.4 is 0 Å². The van der Waals surface area contributed by atoms with Crippen molar-refractivity contribution in [1.82, 2.24) is 0 Å². The maximum atomic E-state index is 2.31. The molecule has 0 amide bonds. The second kappa shape index (κ2) is 6.65. The van der Waals surface area contributed by atoms with Gasteiger partial charge >= 0.3 is 0 Å². The molecule has 0 saturated carbocycles. The molecule has 1 heteroatoms. The largest absolute Gasteiger partial charge is 0.216 e. The van der Waals surface area contributed by atoms with Crippen molar-refractivity contribution >= 4 is 16.3 Å². The predicted molar refractivity (Wildman–Crippen MR) is 46.7 cm³/mol. The first-order chi connectivity index (χ1) is 4.31. The minimum atomic E-state index is 1.09. The van der Waals surface area contributed by atoms with Crippen LogP contribution in [0.4, 0.5) is 0 Å². The molecule has 0 aliphatic heterocycles. The van der Waals surface area contributed by atoms with Crippen LogP contribution in [0.5, 0.6) is 0 Å². The molecular formula is C8H19Al. The zero-order valence-corrected chi connectivity index (χ0v) is 9.11. The molecule has 0 bridgehead atoms. The Labute approximate surface area is 67.5 Å². The van der Waals surface area contributed by atoms with E-state index in [9.17, 15) is 0 Å². The fourth-order valence-corrected chi connectivity index (χ4v) is 1.36. The number of hydrogen-bond acceptors (Lipinski definition) is 0. The van der Waals surface area contributed by atoms with Gasteiger partial charge in [-0.15, -0.1) is 0 Å². The van der Waals surface area contributed by atoms with Crippen molar-refractivity contribution in [2.75, 3.05) is 0 Å². The highest BCUT2D eigenvalue weighted by Crippen LogP contribution is 2.14. The first-order valence-corrected chi connectivity index (χ1v) is 5.46. The van der Waals surface area contributed by atoms with Crippen molar-refractivity contribution < 1.29 is 0 Å². The van der Waals surface area contributed by atoms with Gasteiger partial charge < -0.3 is 0 Å². The van der Waals surface area contributed by atoms with Crippen molar-refractivity contribution in [2.45, 2.75) is 50.7 Å². The van der Waals surface area contributed by atoms with Gasteiger partial charge in [0.15, 0.2) is 0 Å². The molecule has 1 unspecified atom stereocenters. The number of rotatable bonds is 5. The molecule has 0 saturated heterocycles. The van der Waals surface area contributed by atoms with E-state index in [-0.39, 0.29) is 0 Å². The SMILES string of the molecule is CCCCC[CH]([AlH2])CC. The molecule has 0 aromatic heterocycles. The average Bonchev–Trinajstić information content (AvgIpc) is 1.89. The van der Waals surface area contributed by atoms with E-state index in [1.54, 1.807) is 0 Å². The van der Waals surface area contributed by atoms with Crippen LogP contribution in [0.2, 0.25) is 4.78 Å². The molecule has 1 atom stereocenters. The summed E-state index contributed by atoms with van der Waals surface area (Å²) in [5, 5.41) is 0. The normalized spacial score (nSPS) is 13.6. The van der Waals surface area contributed by atoms with Crippen LogP contribution in [0.25, 0.3) is 0 Å². The molecule has 0 aromatic rings. The molecule has 0 aliphatic rings.